The molecule has 0 saturated heterocycles. The highest BCUT2D eigenvalue weighted by Gasteiger charge is 2.20. The van der Waals surface area contributed by atoms with Crippen molar-refractivity contribution in [1.29, 1.82) is 5.26 Å². The summed E-state index contributed by atoms with van der Waals surface area (Å²) < 4.78 is 4.89. The van der Waals surface area contributed by atoms with Crippen LogP contribution in [0.1, 0.15) is 31.9 Å². The minimum atomic E-state index is -0.669. The molecule has 0 aliphatic carbocycles. The van der Waals surface area contributed by atoms with Crippen molar-refractivity contribution in [3.63, 3.8) is 0 Å². The van der Waals surface area contributed by atoms with E-state index in [1.165, 1.54) is 13.8 Å². The summed E-state index contributed by atoms with van der Waals surface area (Å²) in [6.07, 6.45) is -0.135. The van der Waals surface area contributed by atoms with Gasteiger partial charge in [0.2, 0.25) is 11.7 Å². The topological polar surface area (TPSA) is 122 Å². The van der Waals surface area contributed by atoms with E-state index in [0.29, 0.717) is 0 Å². The van der Waals surface area contributed by atoms with Crippen LogP contribution in [0.25, 0.3) is 0 Å². The molecular weight excluding hydrogens is 310 g/mol. The quantitative estimate of drug-likeness (QED) is 0.439. The zero-order chi connectivity index (χ0) is 18.1. The summed E-state index contributed by atoms with van der Waals surface area (Å²) in [5.74, 6) is -1.62. The molecule has 0 aliphatic heterocycles. The molecule has 1 amide bonds. The van der Waals surface area contributed by atoms with Crippen LogP contribution in [0.2, 0.25) is 0 Å². The van der Waals surface area contributed by atoms with Crippen LogP contribution in [0.3, 0.4) is 0 Å². The first kappa shape index (κ1) is 18.9. The summed E-state index contributed by atoms with van der Waals surface area (Å²) in [7, 11) is 0. The first-order valence-electron chi connectivity index (χ1n) is 7.22. The van der Waals surface area contributed by atoms with Crippen LogP contribution < -0.4 is 11.1 Å². The Morgan fingerprint density at radius 3 is 2.38 bits per heavy atom. The standard InChI is InChI=1S/C17H19N3O4/c1-11(19)14(9-18)16(22)10-24-17(23)8-15(20-12(2)21)13-6-4-3-5-7-13/h3-7,15H,8,10,19H2,1-2H3,(H,20,21)/b14-11-. The molecule has 0 aliphatic rings. The lowest BCUT2D eigenvalue weighted by Gasteiger charge is -2.17. The van der Waals surface area contributed by atoms with Crippen molar-refractivity contribution in [3.8, 4) is 6.07 Å². The van der Waals surface area contributed by atoms with E-state index in [0.717, 1.165) is 5.56 Å². The smallest absolute Gasteiger partial charge is 0.308 e. The van der Waals surface area contributed by atoms with Gasteiger partial charge in [-0.05, 0) is 12.5 Å². The number of amides is 1. The van der Waals surface area contributed by atoms with Crippen molar-refractivity contribution in [2.45, 2.75) is 26.3 Å². The molecule has 1 rings (SSSR count). The fourth-order valence-electron chi connectivity index (χ4n) is 2.00. The van der Waals surface area contributed by atoms with Gasteiger partial charge >= 0.3 is 5.97 Å². The van der Waals surface area contributed by atoms with Gasteiger partial charge in [-0.15, -0.1) is 0 Å². The van der Waals surface area contributed by atoms with Gasteiger partial charge in [0.15, 0.2) is 6.61 Å². The van der Waals surface area contributed by atoms with Gasteiger partial charge in [-0.1, -0.05) is 30.3 Å². The van der Waals surface area contributed by atoms with Gasteiger partial charge in [0.1, 0.15) is 11.6 Å². The molecule has 1 aromatic carbocycles. The Balaban J connectivity index is 2.70. The van der Waals surface area contributed by atoms with Crippen LogP contribution in [-0.4, -0.2) is 24.3 Å². The third-order valence-electron chi connectivity index (χ3n) is 3.10. The van der Waals surface area contributed by atoms with E-state index in [-0.39, 0.29) is 23.6 Å². The normalized spacial score (nSPS) is 12.4. The molecule has 0 fully saturated rings. The summed E-state index contributed by atoms with van der Waals surface area (Å²) in [6, 6.07) is 10.0. The Morgan fingerprint density at radius 1 is 1.25 bits per heavy atom. The van der Waals surface area contributed by atoms with Crippen molar-refractivity contribution >= 4 is 17.7 Å². The zero-order valence-electron chi connectivity index (χ0n) is 13.5. The number of nitrogens with zero attached hydrogens (tertiary/aromatic N) is 1. The fraction of sp³-hybridized carbons (Fsp3) is 0.294. The van der Waals surface area contributed by atoms with Gasteiger partial charge in [0, 0.05) is 12.6 Å². The highest BCUT2D eigenvalue weighted by Crippen LogP contribution is 2.17. The molecule has 7 nitrogen and oxygen atoms in total. The lowest BCUT2D eigenvalue weighted by Crippen LogP contribution is -2.29. The summed E-state index contributed by atoms with van der Waals surface area (Å²) in [6.45, 7) is 2.19. The maximum atomic E-state index is 11.9. The average molecular weight is 329 g/mol. The lowest BCUT2D eigenvalue weighted by molar-refractivity contribution is -0.147. The first-order chi connectivity index (χ1) is 11.3. The lowest BCUT2D eigenvalue weighted by atomic mass is 10.0. The number of rotatable bonds is 7. The minimum Gasteiger partial charge on any atom is -0.457 e. The van der Waals surface area contributed by atoms with Gasteiger partial charge in [-0.25, -0.2) is 0 Å². The molecule has 1 aromatic rings. The number of nitrogens with one attached hydrogen (secondary N) is 1. The molecular formula is C17H19N3O4. The molecule has 3 N–H and O–H groups in total. The number of allylic oxidation sites excluding steroid dienone is 1. The number of hydrogen-bond acceptors (Lipinski definition) is 6. The monoisotopic (exact) mass is 329 g/mol. The van der Waals surface area contributed by atoms with Gasteiger partial charge in [-0.2, -0.15) is 5.26 Å². The van der Waals surface area contributed by atoms with E-state index in [4.69, 9.17) is 15.7 Å². The van der Waals surface area contributed by atoms with Crippen molar-refractivity contribution in [2.24, 2.45) is 5.73 Å². The maximum Gasteiger partial charge on any atom is 0.308 e. The number of carbonyl (C=O) groups is 3. The van der Waals surface area contributed by atoms with Crippen LogP contribution in [0.4, 0.5) is 0 Å². The van der Waals surface area contributed by atoms with Crippen molar-refractivity contribution in [2.75, 3.05) is 6.61 Å². The van der Waals surface area contributed by atoms with Crippen LogP contribution >= 0.6 is 0 Å². The number of ketones is 1. The van der Waals surface area contributed by atoms with Crippen LogP contribution in [-0.2, 0) is 19.1 Å². The Kier molecular flexibility index (Phi) is 7.17. The summed E-state index contributed by atoms with van der Waals surface area (Å²) in [5, 5.41) is 11.5. The SMILES string of the molecule is CC(=O)NC(CC(=O)OCC(=O)/C(C#N)=C(/C)N)c1ccccc1. The summed E-state index contributed by atoms with van der Waals surface area (Å²) >= 11 is 0. The molecule has 1 unspecified atom stereocenters. The zero-order valence-corrected chi connectivity index (χ0v) is 13.5. The van der Waals surface area contributed by atoms with Crippen molar-refractivity contribution in [3.05, 3.63) is 47.2 Å². The van der Waals surface area contributed by atoms with Crippen LogP contribution in [0.5, 0.6) is 0 Å². The molecule has 0 bridgehead atoms. The highest BCUT2D eigenvalue weighted by atomic mass is 16.5. The van der Waals surface area contributed by atoms with Gasteiger partial charge in [0.25, 0.3) is 0 Å². The number of hydrogen-bond donors (Lipinski definition) is 2. The van der Waals surface area contributed by atoms with Crippen molar-refractivity contribution in [1.82, 2.24) is 5.32 Å². The third kappa shape index (κ3) is 5.93. The molecule has 7 heteroatoms. The molecule has 24 heavy (non-hydrogen) atoms. The second kappa shape index (κ2) is 9.10. The number of ether oxygens (including phenoxy) is 1. The molecule has 0 radical (unpaired) electrons. The third-order valence-corrected chi connectivity index (χ3v) is 3.10. The van der Waals surface area contributed by atoms with Gasteiger partial charge in [0.05, 0.1) is 12.5 Å². The van der Waals surface area contributed by atoms with E-state index in [9.17, 15) is 14.4 Å². The van der Waals surface area contributed by atoms with Crippen LogP contribution in [0.15, 0.2) is 41.6 Å². The van der Waals surface area contributed by atoms with E-state index >= 15 is 0 Å². The Labute approximate surface area is 140 Å². The number of carbonyl (C=O) groups excluding carboxylic acids is 3. The van der Waals surface area contributed by atoms with Gasteiger partial charge in [-0.3, -0.25) is 14.4 Å². The van der Waals surface area contributed by atoms with Gasteiger partial charge < -0.3 is 15.8 Å². The minimum absolute atomic E-state index is 0.0685. The second-order valence-corrected chi connectivity index (χ2v) is 5.12. The molecule has 1 atom stereocenters. The number of Topliss-reactive ketones (excluding diaryl/α,β-unsaturated/α-hetero) is 1. The first-order valence-corrected chi connectivity index (χ1v) is 7.22. The fourth-order valence-corrected chi connectivity index (χ4v) is 2.00. The van der Waals surface area contributed by atoms with E-state index < -0.39 is 24.4 Å². The molecule has 0 saturated carbocycles. The van der Waals surface area contributed by atoms with E-state index in [1.807, 2.05) is 6.07 Å². The molecule has 0 aromatic heterocycles. The van der Waals surface area contributed by atoms with E-state index in [1.54, 1.807) is 30.3 Å². The van der Waals surface area contributed by atoms with Crippen LogP contribution in [0, 0.1) is 11.3 Å². The maximum absolute atomic E-state index is 11.9. The number of nitrogens with two attached hydrogens (primary N) is 1. The summed E-state index contributed by atoms with van der Waals surface area (Å²) in [4.78, 5) is 35.0. The van der Waals surface area contributed by atoms with E-state index in [2.05, 4.69) is 5.32 Å². The van der Waals surface area contributed by atoms with Crippen molar-refractivity contribution < 1.29 is 19.1 Å². The number of benzene rings is 1. The average Bonchev–Trinajstić information content (AvgIpc) is 2.53. The molecule has 0 heterocycles. The predicted octanol–water partition coefficient (Wildman–Crippen LogP) is 1.12. The second-order valence-electron chi connectivity index (χ2n) is 5.12. The largest absolute Gasteiger partial charge is 0.457 e. The Bertz CT molecular complexity index is 686. The Hall–Kier alpha value is -3.14. The number of nitriles is 1. The highest BCUT2D eigenvalue weighted by molar-refractivity contribution is 6.01. The molecule has 0 spiro atoms. The Morgan fingerprint density at radius 2 is 1.88 bits per heavy atom. The summed E-state index contributed by atoms with van der Waals surface area (Å²) in [5.41, 5.74) is 5.99. The predicted molar refractivity (Wildman–Crippen MR) is 86.1 cm³/mol. The number of esters is 1. The molecule has 126 valence electrons.